The molecule has 0 aliphatic rings. The summed E-state index contributed by atoms with van der Waals surface area (Å²) in [6.45, 7) is 1.56. The highest BCUT2D eigenvalue weighted by Gasteiger charge is 2.13. The number of rotatable bonds is 3. The monoisotopic (exact) mass is 338 g/mol. The van der Waals surface area contributed by atoms with Gasteiger partial charge < -0.3 is 0 Å². The lowest BCUT2D eigenvalue weighted by Gasteiger charge is -2.08. The third-order valence-corrected chi connectivity index (χ3v) is 4.01. The highest BCUT2D eigenvalue weighted by atomic mass is 79.9. The van der Waals surface area contributed by atoms with Crippen molar-refractivity contribution >= 4 is 49.2 Å². The van der Waals surface area contributed by atoms with Crippen LogP contribution in [-0.2, 0) is 10.1 Å². The molecule has 0 aliphatic heterocycles. The van der Waals surface area contributed by atoms with Crippen LogP contribution in [0.2, 0.25) is 5.02 Å². The topological polar surface area (TPSA) is 17.1 Å². The normalized spacial score (nSPS) is 12.6. The van der Waals surface area contributed by atoms with Crippen molar-refractivity contribution in [2.75, 3.05) is 0 Å². The fourth-order valence-corrected chi connectivity index (χ4v) is 2.18. The van der Waals surface area contributed by atoms with E-state index >= 15 is 0 Å². The fourth-order valence-electron chi connectivity index (χ4n) is 1.09. The van der Waals surface area contributed by atoms with Gasteiger partial charge in [-0.3, -0.25) is 4.79 Å². The summed E-state index contributed by atoms with van der Waals surface area (Å²) < 4.78 is 0. The first-order chi connectivity index (χ1) is 6.56. The van der Waals surface area contributed by atoms with Gasteiger partial charge in [0.05, 0.1) is 4.83 Å². The lowest BCUT2D eigenvalue weighted by Crippen LogP contribution is -2.01. The predicted molar refractivity (Wildman–Crippen MR) is 66.4 cm³/mol. The first-order valence-electron chi connectivity index (χ1n) is 4.05. The molecule has 0 spiro atoms. The molecule has 1 aromatic carbocycles. The van der Waals surface area contributed by atoms with Gasteiger partial charge in [0, 0.05) is 10.4 Å². The zero-order valence-corrected chi connectivity index (χ0v) is 11.5. The Morgan fingerprint density at radius 3 is 2.71 bits per heavy atom. The van der Waals surface area contributed by atoms with Gasteiger partial charge in [-0.15, -0.1) is 0 Å². The number of hydrogen-bond donors (Lipinski definition) is 0. The Morgan fingerprint density at radius 2 is 2.21 bits per heavy atom. The third-order valence-electron chi connectivity index (χ3n) is 1.86. The molecule has 76 valence electrons. The van der Waals surface area contributed by atoms with Gasteiger partial charge in [0.1, 0.15) is 5.78 Å². The first kappa shape index (κ1) is 12.2. The van der Waals surface area contributed by atoms with Crippen LogP contribution in [0.4, 0.5) is 0 Å². The van der Waals surface area contributed by atoms with Gasteiger partial charge >= 0.3 is 0 Å². The van der Waals surface area contributed by atoms with E-state index < -0.39 is 0 Å². The Bertz CT molecular complexity index is 352. The van der Waals surface area contributed by atoms with Crippen LogP contribution in [0, 0.1) is 0 Å². The van der Waals surface area contributed by atoms with Crippen molar-refractivity contribution in [2.45, 2.75) is 17.1 Å². The minimum absolute atomic E-state index is 0.0906. The van der Waals surface area contributed by atoms with Crippen LogP contribution in [0.25, 0.3) is 0 Å². The summed E-state index contributed by atoms with van der Waals surface area (Å²) in [6.07, 6.45) is 0. The number of carbonyl (C=O) groups excluding carboxylic acids is 1. The first-order valence-corrected chi connectivity index (χ1v) is 6.46. The molecule has 1 aromatic rings. The molecule has 0 saturated heterocycles. The summed E-state index contributed by atoms with van der Waals surface area (Å²) in [5.74, 6) is 0.0906. The summed E-state index contributed by atoms with van der Waals surface area (Å²) in [5, 5.41) is 1.41. The van der Waals surface area contributed by atoms with Crippen molar-refractivity contribution in [3.63, 3.8) is 0 Å². The van der Waals surface area contributed by atoms with Gasteiger partial charge in [-0.05, 0) is 24.1 Å². The van der Waals surface area contributed by atoms with Gasteiger partial charge in [-0.2, -0.15) is 0 Å². The number of hydrogen-bond acceptors (Lipinski definition) is 1. The van der Waals surface area contributed by atoms with Crippen LogP contribution < -0.4 is 0 Å². The van der Waals surface area contributed by atoms with E-state index in [-0.39, 0.29) is 10.6 Å². The second-order valence-electron chi connectivity index (χ2n) is 2.96. The molecule has 0 radical (unpaired) electrons. The molecule has 0 N–H and O–H groups in total. The Kier molecular flexibility index (Phi) is 4.61. The molecule has 4 heteroatoms. The van der Waals surface area contributed by atoms with Crippen LogP contribution in [-0.4, -0.2) is 5.78 Å². The number of benzene rings is 1. The molecule has 0 fully saturated rings. The zero-order chi connectivity index (χ0) is 10.7. The van der Waals surface area contributed by atoms with Crippen molar-refractivity contribution in [2.24, 2.45) is 0 Å². The number of ketones is 1. The number of carbonyl (C=O) groups is 1. The number of halogens is 3. The van der Waals surface area contributed by atoms with Crippen LogP contribution in [0.3, 0.4) is 0 Å². The van der Waals surface area contributed by atoms with E-state index in [0.29, 0.717) is 10.4 Å². The van der Waals surface area contributed by atoms with E-state index in [9.17, 15) is 4.79 Å². The highest BCUT2D eigenvalue weighted by molar-refractivity contribution is 9.09. The Hall–Kier alpha value is 0.140. The second kappa shape index (κ2) is 5.29. The molecule has 0 amide bonds. The van der Waals surface area contributed by atoms with E-state index in [0.717, 1.165) is 11.1 Å². The number of Topliss-reactive ketones (excluding diaryl/α,β-unsaturated/α-hetero) is 1. The molecule has 0 bridgehead atoms. The lowest BCUT2D eigenvalue weighted by atomic mass is 10.1. The molecule has 0 heterocycles. The van der Waals surface area contributed by atoms with E-state index in [1.54, 1.807) is 6.92 Å². The zero-order valence-electron chi connectivity index (χ0n) is 7.56. The third kappa shape index (κ3) is 2.81. The van der Waals surface area contributed by atoms with Crippen LogP contribution in [0.15, 0.2) is 18.2 Å². The average molecular weight is 340 g/mol. The molecule has 0 aromatic heterocycles. The van der Waals surface area contributed by atoms with E-state index in [4.69, 9.17) is 11.6 Å². The summed E-state index contributed by atoms with van der Waals surface area (Å²) in [7, 11) is 0. The molecule has 1 nitrogen and oxygen atoms in total. The quantitative estimate of drug-likeness (QED) is 0.752. The Labute approximate surface area is 105 Å². The van der Waals surface area contributed by atoms with Gasteiger partial charge in [0.25, 0.3) is 0 Å². The van der Waals surface area contributed by atoms with Crippen LogP contribution in [0.5, 0.6) is 0 Å². The Balaban J connectivity index is 3.06. The average Bonchev–Trinajstić information content (AvgIpc) is 2.17. The van der Waals surface area contributed by atoms with Crippen LogP contribution >= 0.6 is 43.5 Å². The standard InChI is InChI=1S/C10H9Br2ClO/c1-6(14)10(12)7-2-3-9(13)8(4-7)5-11/h2-4,10H,5H2,1H3. The van der Waals surface area contributed by atoms with E-state index in [2.05, 4.69) is 31.9 Å². The smallest absolute Gasteiger partial charge is 0.147 e. The maximum absolute atomic E-state index is 11.1. The molecule has 0 saturated carbocycles. The van der Waals surface area contributed by atoms with Gasteiger partial charge in [0.15, 0.2) is 0 Å². The number of alkyl halides is 2. The molecular formula is C10H9Br2ClO. The maximum atomic E-state index is 11.1. The largest absolute Gasteiger partial charge is 0.298 e. The highest BCUT2D eigenvalue weighted by Crippen LogP contribution is 2.28. The van der Waals surface area contributed by atoms with Crippen molar-refractivity contribution in [1.29, 1.82) is 0 Å². The summed E-state index contributed by atoms with van der Waals surface area (Å²) in [6, 6.07) is 5.60. The Morgan fingerprint density at radius 1 is 1.57 bits per heavy atom. The summed E-state index contributed by atoms with van der Waals surface area (Å²) >= 11 is 12.6. The lowest BCUT2D eigenvalue weighted by molar-refractivity contribution is -0.116. The second-order valence-corrected chi connectivity index (χ2v) is 4.84. The SMILES string of the molecule is CC(=O)C(Br)c1ccc(Cl)c(CBr)c1. The van der Waals surface area contributed by atoms with E-state index in [1.165, 1.54) is 0 Å². The molecule has 1 atom stereocenters. The van der Waals surface area contributed by atoms with Gasteiger partial charge in [-0.1, -0.05) is 55.6 Å². The molecule has 1 rings (SSSR count). The van der Waals surface area contributed by atoms with E-state index in [1.807, 2.05) is 18.2 Å². The molecule has 1 unspecified atom stereocenters. The van der Waals surface area contributed by atoms with Crippen molar-refractivity contribution < 1.29 is 4.79 Å². The molecule has 14 heavy (non-hydrogen) atoms. The maximum Gasteiger partial charge on any atom is 0.147 e. The molecule has 0 aliphatic carbocycles. The predicted octanol–water partition coefficient (Wildman–Crippen LogP) is 4.26. The van der Waals surface area contributed by atoms with Crippen LogP contribution in [0.1, 0.15) is 22.9 Å². The van der Waals surface area contributed by atoms with Crippen molar-refractivity contribution in [1.82, 2.24) is 0 Å². The van der Waals surface area contributed by atoms with Gasteiger partial charge in [0.2, 0.25) is 0 Å². The minimum atomic E-state index is -0.238. The van der Waals surface area contributed by atoms with Gasteiger partial charge in [-0.25, -0.2) is 0 Å². The minimum Gasteiger partial charge on any atom is -0.298 e. The summed E-state index contributed by atoms with van der Waals surface area (Å²) in [5.41, 5.74) is 1.94. The van der Waals surface area contributed by atoms with Crippen molar-refractivity contribution in [3.05, 3.63) is 34.3 Å². The molecular weight excluding hydrogens is 331 g/mol. The van der Waals surface area contributed by atoms with Crippen molar-refractivity contribution in [3.8, 4) is 0 Å². The fraction of sp³-hybridized carbons (Fsp3) is 0.300. The summed E-state index contributed by atoms with van der Waals surface area (Å²) in [4.78, 5) is 10.9.